The van der Waals surface area contributed by atoms with Crippen LogP contribution in [0.4, 0.5) is 20.6 Å². The van der Waals surface area contributed by atoms with E-state index in [9.17, 15) is 23.6 Å². The predicted molar refractivity (Wildman–Crippen MR) is 125 cm³/mol. The fourth-order valence-electron chi connectivity index (χ4n) is 2.86. The van der Waals surface area contributed by atoms with Gasteiger partial charge in [0.1, 0.15) is 11.5 Å². The molecule has 1 heterocycles. The number of rotatable bonds is 8. The summed E-state index contributed by atoms with van der Waals surface area (Å²) >= 11 is 5.90. The van der Waals surface area contributed by atoms with E-state index in [1.807, 2.05) is 0 Å². The van der Waals surface area contributed by atoms with E-state index in [1.54, 1.807) is 0 Å². The quantitative estimate of drug-likeness (QED) is 0.318. The van der Waals surface area contributed by atoms with Crippen molar-refractivity contribution >= 4 is 46.8 Å². The van der Waals surface area contributed by atoms with Gasteiger partial charge in [-0.25, -0.2) is 14.2 Å². The molecule has 0 saturated carbocycles. The molecule has 3 aromatic rings. The lowest BCUT2D eigenvalue weighted by atomic mass is 10.2. The number of carboxylic acid groups (broad SMARTS) is 1. The summed E-state index contributed by atoms with van der Waals surface area (Å²) in [4.78, 5) is 55.6. The average Bonchev–Trinajstić information content (AvgIpc) is 3.30. The molecule has 0 radical (unpaired) electrons. The second-order valence-corrected chi connectivity index (χ2v) is 7.60. The number of carbonyl (C=O) groups excluding carboxylic acids is 3. The Hall–Kier alpha value is -4.45. The third kappa shape index (κ3) is 6.54. The summed E-state index contributed by atoms with van der Waals surface area (Å²) in [5.41, 5.74) is 0.632. The van der Waals surface area contributed by atoms with E-state index in [4.69, 9.17) is 16.7 Å². The second kappa shape index (κ2) is 11.1. The van der Waals surface area contributed by atoms with E-state index in [2.05, 4.69) is 25.9 Å². The van der Waals surface area contributed by atoms with Crippen molar-refractivity contribution < 1.29 is 28.7 Å². The fraction of sp³-hybridized carbons (Fsp3) is 0.136. The number of aromatic amines is 1. The topological polar surface area (TPSA) is 157 Å². The molecule has 5 N–H and O–H groups in total. The number of hydrogen-bond donors (Lipinski definition) is 5. The van der Waals surface area contributed by atoms with Crippen molar-refractivity contribution in [2.75, 3.05) is 30.8 Å². The van der Waals surface area contributed by atoms with Crippen molar-refractivity contribution in [2.45, 2.75) is 0 Å². The van der Waals surface area contributed by atoms with Crippen LogP contribution in [0.3, 0.4) is 0 Å². The van der Waals surface area contributed by atoms with Crippen molar-refractivity contribution in [3.8, 4) is 0 Å². The number of nitrogens with zero attached hydrogens (tertiary/aromatic N) is 2. The Labute approximate surface area is 203 Å². The number of hydrogen-bond acceptors (Lipinski definition) is 5. The lowest BCUT2D eigenvalue weighted by molar-refractivity contribution is 0.0930. The molecular weight excluding hydrogens is 483 g/mol. The highest BCUT2D eigenvalue weighted by atomic mass is 35.5. The first-order valence-corrected chi connectivity index (χ1v) is 10.5. The average molecular weight is 503 g/mol. The standard InChI is InChI=1S/C22H20ClFN6O5/c1-30(22(34)35)9-8-25-20(32)17-18(27-11-26-17)21(33)29-14-5-3-13(4-6-14)28-19(31)15-7-2-12(24)10-16(15)23/h2-7,10-11H,8-9H2,1H3,(H,25,32)(H,26,27)(H,28,31)(H,29,33)(H,34,35). The van der Waals surface area contributed by atoms with Gasteiger partial charge >= 0.3 is 6.09 Å². The molecule has 182 valence electrons. The Kier molecular flexibility index (Phi) is 8.00. The number of halogens is 2. The maximum absolute atomic E-state index is 13.2. The molecule has 35 heavy (non-hydrogen) atoms. The zero-order valence-corrected chi connectivity index (χ0v) is 19.0. The van der Waals surface area contributed by atoms with Gasteiger partial charge in [0, 0.05) is 31.5 Å². The number of amides is 4. The molecule has 13 heteroatoms. The number of anilines is 2. The highest BCUT2D eigenvalue weighted by Gasteiger charge is 2.21. The molecule has 0 aliphatic heterocycles. The first kappa shape index (κ1) is 25.2. The number of likely N-dealkylation sites (N-methyl/N-ethyl adjacent to an activating group) is 1. The minimum atomic E-state index is -1.13. The van der Waals surface area contributed by atoms with E-state index in [1.165, 1.54) is 43.7 Å². The maximum Gasteiger partial charge on any atom is 0.407 e. The van der Waals surface area contributed by atoms with Crippen molar-refractivity contribution in [1.29, 1.82) is 0 Å². The van der Waals surface area contributed by atoms with Crippen LogP contribution in [0, 0.1) is 5.82 Å². The number of nitrogens with one attached hydrogen (secondary N) is 4. The number of benzene rings is 2. The van der Waals surface area contributed by atoms with Gasteiger partial charge in [0.15, 0.2) is 5.69 Å². The highest BCUT2D eigenvalue weighted by molar-refractivity contribution is 6.34. The summed E-state index contributed by atoms with van der Waals surface area (Å²) in [6, 6.07) is 9.53. The van der Waals surface area contributed by atoms with Crippen molar-refractivity contribution in [1.82, 2.24) is 20.2 Å². The van der Waals surface area contributed by atoms with Crippen LogP contribution in [0.5, 0.6) is 0 Å². The molecule has 0 spiro atoms. The number of H-pyrrole nitrogens is 1. The third-order valence-electron chi connectivity index (χ3n) is 4.72. The molecule has 0 bridgehead atoms. The van der Waals surface area contributed by atoms with Crippen LogP contribution in [-0.4, -0.2) is 63.9 Å². The van der Waals surface area contributed by atoms with Crippen LogP contribution in [0.1, 0.15) is 31.3 Å². The lowest BCUT2D eigenvalue weighted by Crippen LogP contribution is -2.36. The smallest absolute Gasteiger partial charge is 0.407 e. The fourth-order valence-corrected chi connectivity index (χ4v) is 3.11. The second-order valence-electron chi connectivity index (χ2n) is 7.20. The van der Waals surface area contributed by atoms with E-state index < -0.39 is 29.6 Å². The Balaban J connectivity index is 1.59. The molecule has 1 aromatic heterocycles. The summed E-state index contributed by atoms with van der Waals surface area (Å²) in [5.74, 6) is -2.37. The van der Waals surface area contributed by atoms with Crippen LogP contribution >= 0.6 is 11.6 Å². The van der Waals surface area contributed by atoms with E-state index in [0.29, 0.717) is 11.4 Å². The molecule has 3 rings (SSSR count). The van der Waals surface area contributed by atoms with E-state index in [-0.39, 0.29) is 35.1 Å². The van der Waals surface area contributed by atoms with Gasteiger partial charge in [0.2, 0.25) is 0 Å². The molecular formula is C22H20ClFN6O5. The molecule has 0 aliphatic carbocycles. The summed E-state index contributed by atoms with van der Waals surface area (Å²) in [7, 11) is 1.36. The molecule has 0 unspecified atom stereocenters. The van der Waals surface area contributed by atoms with Gasteiger partial charge in [-0.05, 0) is 42.5 Å². The summed E-state index contributed by atoms with van der Waals surface area (Å²) in [5, 5.41) is 16.5. The summed E-state index contributed by atoms with van der Waals surface area (Å²) in [6.07, 6.45) is 0.0533. The Morgan fingerprint density at radius 2 is 1.66 bits per heavy atom. The van der Waals surface area contributed by atoms with Gasteiger partial charge in [0.05, 0.1) is 16.9 Å². The van der Waals surface area contributed by atoms with Gasteiger partial charge < -0.3 is 30.9 Å². The van der Waals surface area contributed by atoms with Crippen LogP contribution in [-0.2, 0) is 0 Å². The molecule has 11 nitrogen and oxygen atoms in total. The number of imidazole rings is 1. The van der Waals surface area contributed by atoms with Gasteiger partial charge in [-0.15, -0.1) is 0 Å². The van der Waals surface area contributed by atoms with Crippen LogP contribution in [0.2, 0.25) is 5.02 Å². The third-order valence-corrected chi connectivity index (χ3v) is 5.03. The minimum Gasteiger partial charge on any atom is -0.465 e. The molecule has 0 atom stereocenters. The largest absolute Gasteiger partial charge is 0.465 e. The Morgan fingerprint density at radius 3 is 2.26 bits per heavy atom. The van der Waals surface area contributed by atoms with Crippen LogP contribution in [0.25, 0.3) is 0 Å². The van der Waals surface area contributed by atoms with Gasteiger partial charge in [-0.1, -0.05) is 11.6 Å². The van der Waals surface area contributed by atoms with Crippen molar-refractivity contribution in [3.63, 3.8) is 0 Å². The lowest BCUT2D eigenvalue weighted by Gasteiger charge is -2.13. The maximum atomic E-state index is 13.2. The van der Waals surface area contributed by atoms with Gasteiger partial charge in [-0.3, -0.25) is 14.4 Å². The zero-order valence-electron chi connectivity index (χ0n) is 18.3. The normalized spacial score (nSPS) is 10.4. The molecule has 0 fully saturated rings. The van der Waals surface area contributed by atoms with Crippen molar-refractivity contribution in [2.24, 2.45) is 0 Å². The van der Waals surface area contributed by atoms with Gasteiger partial charge in [-0.2, -0.15) is 0 Å². The van der Waals surface area contributed by atoms with Crippen molar-refractivity contribution in [3.05, 3.63) is 76.6 Å². The summed E-state index contributed by atoms with van der Waals surface area (Å²) in [6.45, 7) is 0.102. The molecule has 2 aromatic carbocycles. The van der Waals surface area contributed by atoms with Crippen LogP contribution < -0.4 is 16.0 Å². The zero-order chi connectivity index (χ0) is 25.5. The number of aromatic nitrogens is 2. The van der Waals surface area contributed by atoms with Crippen LogP contribution in [0.15, 0.2) is 48.8 Å². The highest BCUT2D eigenvalue weighted by Crippen LogP contribution is 2.20. The van der Waals surface area contributed by atoms with Gasteiger partial charge in [0.25, 0.3) is 17.7 Å². The Morgan fingerprint density at radius 1 is 1.03 bits per heavy atom. The first-order chi connectivity index (χ1) is 16.7. The minimum absolute atomic E-state index is 0.0286. The molecule has 4 amide bonds. The summed E-state index contributed by atoms with van der Waals surface area (Å²) < 4.78 is 13.2. The molecule has 0 saturated heterocycles. The number of carbonyl (C=O) groups is 4. The molecule has 0 aliphatic rings. The van der Waals surface area contributed by atoms with E-state index >= 15 is 0 Å². The predicted octanol–water partition coefficient (Wildman–Crippen LogP) is 3.05. The SMILES string of the molecule is CN(CCNC(=O)c1[nH]cnc1C(=O)Nc1ccc(NC(=O)c2ccc(F)cc2Cl)cc1)C(=O)O. The Bertz CT molecular complexity index is 1260. The monoisotopic (exact) mass is 502 g/mol. The van der Waals surface area contributed by atoms with E-state index in [0.717, 1.165) is 17.0 Å². The first-order valence-electron chi connectivity index (χ1n) is 10.1.